The van der Waals surface area contributed by atoms with E-state index in [2.05, 4.69) is 0 Å². The summed E-state index contributed by atoms with van der Waals surface area (Å²) in [6.45, 7) is 7.37. The second kappa shape index (κ2) is 4.21. The Morgan fingerprint density at radius 3 is 2.60 bits per heavy atom. The first-order chi connectivity index (χ1) is 6.85. The van der Waals surface area contributed by atoms with Gasteiger partial charge in [-0.05, 0) is 33.6 Å². The fourth-order valence-electron chi connectivity index (χ4n) is 1.69. The topological polar surface area (TPSA) is 46.6 Å². The minimum atomic E-state index is -0.543. The third-order valence-corrected chi connectivity index (χ3v) is 2.39. The van der Waals surface area contributed by atoms with E-state index in [1.807, 2.05) is 6.92 Å². The van der Waals surface area contributed by atoms with Gasteiger partial charge in [-0.25, -0.2) is 9.69 Å². The molecule has 0 aromatic carbocycles. The third-order valence-electron chi connectivity index (χ3n) is 2.39. The number of ether oxygens (including phenoxy) is 1. The highest BCUT2D eigenvalue weighted by atomic mass is 16.6. The van der Waals surface area contributed by atoms with Gasteiger partial charge in [-0.15, -0.1) is 0 Å². The molecule has 4 nitrogen and oxygen atoms in total. The second-order valence-corrected chi connectivity index (χ2v) is 4.84. The smallest absolute Gasteiger partial charge is 0.417 e. The van der Waals surface area contributed by atoms with E-state index in [1.165, 1.54) is 4.90 Å². The second-order valence-electron chi connectivity index (χ2n) is 4.84. The molecular weight excluding hydrogens is 194 g/mol. The molecule has 1 saturated heterocycles. The Bertz CT molecular complexity index is 267. The Morgan fingerprint density at radius 2 is 2.13 bits per heavy atom. The Labute approximate surface area is 90.6 Å². The highest BCUT2D eigenvalue weighted by Gasteiger charge is 2.37. The van der Waals surface area contributed by atoms with E-state index < -0.39 is 11.7 Å². The summed E-state index contributed by atoms with van der Waals surface area (Å²) in [6, 6.07) is 0.0207. The van der Waals surface area contributed by atoms with Crippen LogP contribution in [0, 0.1) is 0 Å². The standard InChI is InChI=1S/C11H19NO3/c1-5-8-6-7-9(13)12(8)10(14)15-11(2,3)4/h8H,5-7H2,1-4H3/t8-/m0/s1. The maximum Gasteiger partial charge on any atom is 0.417 e. The van der Waals surface area contributed by atoms with Crippen LogP contribution in [-0.4, -0.2) is 28.5 Å². The zero-order valence-electron chi connectivity index (χ0n) is 9.87. The molecule has 2 amide bonds. The molecule has 0 aliphatic carbocycles. The SMILES string of the molecule is CC[C@H]1CCC(=O)N1C(=O)OC(C)(C)C. The van der Waals surface area contributed by atoms with Gasteiger partial charge >= 0.3 is 6.09 Å². The molecule has 4 heteroatoms. The molecule has 86 valence electrons. The molecule has 0 bridgehead atoms. The summed E-state index contributed by atoms with van der Waals surface area (Å²) in [7, 11) is 0. The van der Waals surface area contributed by atoms with Gasteiger partial charge < -0.3 is 4.74 Å². The average molecular weight is 213 g/mol. The first-order valence-electron chi connectivity index (χ1n) is 5.40. The number of amides is 2. The molecule has 1 rings (SSSR count). The number of hydrogen-bond donors (Lipinski definition) is 0. The maximum atomic E-state index is 11.7. The van der Waals surface area contributed by atoms with E-state index in [0.29, 0.717) is 6.42 Å². The number of nitrogens with zero attached hydrogens (tertiary/aromatic N) is 1. The van der Waals surface area contributed by atoms with Crippen molar-refractivity contribution in [2.75, 3.05) is 0 Å². The number of carbonyl (C=O) groups is 2. The maximum absolute atomic E-state index is 11.7. The quantitative estimate of drug-likeness (QED) is 0.671. The van der Waals surface area contributed by atoms with Gasteiger partial charge in [-0.3, -0.25) is 4.79 Å². The van der Waals surface area contributed by atoms with Gasteiger partial charge in [-0.2, -0.15) is 0 Å². The summed E-state index contributed by atoms with van der Waals surface area (Å²) >= 11 is 0. The van der Waals surface area contributed by atoms with E-state index in [1.54, 1.807) is 20.8 Å². The van der Waals surface area contributed by atoms with Crippen LogP contribution in [0.15, 0.2) is 0 Å². The fourth-order valence-corrected chi connectivity index (χ4v) is 1.69. The van der Waals surface area contributed by atoms with Gasteiger partial charge in [0.1, 0.15) is 5.60 Å². The van der Waals surface area contributed by atoms with Gasteiger partial charge in [0.05, 0.1) is 0 Å². The lowest BCUT2D eigenvalue weighted by Crippen LogP contribution is -2.41. The molecule has 0 aromatic heterocycles. The summed E-state index contributed by atoms with van der Waals surface area (Å²) < 4.78 is 5.19. The van der Waals surface area contributed by atoms with E-state index in [9.17, 15) is 9.59 Å². The van der Waals surface area contributed by atoms with Crippen molar-refractivity contribution >= 4 is 12.0 Å². The van der Waals surface area contributed by atoms with E-state index in [0.717, 1.165) is 12.8 Å². The summed E-state index contributed by atoms with van der Waals surface area (Å²) in [6.07, 6.45) is 1.51. The summed E-state index contributed by atoms with van der Waals surface area (Å²) in [5.74, 6) is -0.115. The van der Waals surface area contributed by atoms with Crippen LogP contribution in [-0.2, 0) is 9.53 Å². The van der Waals surface area contributed by atoms with Gasteiger partial charge in [0.15, 0.2) is 0 Å². The fraction of sp³-hybridized carbons (Fsp3) is 0.818. The molecular formula is C11H19NO3. The van der Waals surface area contributed by atoms with Crippen molar-refractivity contribution in [3.63, 3.8) is 0 Å². The lowest BCUT2D eigenvalue weighted by atomic mass is 10.2. The normalized spacial score (nSPS) is 22.0. The van der Waals surface area contributed by atoms with Gasteiger partial charge in [-0.1, -0.05) is 6.92 Å². The van der Waals surface area contributed by atoms with Crippen LogP contribution >= 0.6 is 0 Å². The minimum absolute atomic E-state index is 0.0207. The molecule has 15 heavy (non-hydrogen) atoms. The monoisotopic (exact) mass is 213 g/mol. The van der Waals surface area contributed by atoms with Crippen LogP contribution < -0.4 is 0 Å². The van der Waals surface area contributed by atoms with E-state index >= 15 is 0 Å². The molecule has 0 unspecified atom stereocenters. The molecule has 1 fully saturated rings. The Kier molecular flexibility index (Phi) is 3.37. The summed E-state index contributed by atoms with van der Waals surface area (Å²) in [5, 5.41) is 0. The first kappa shape index (κ1) is 12.0. The Hall–Kier alpha value is -1.06. The Balaban J connectivity index is 2.69. The van der Waals surface area contributed by atoms with Crippen LogP contribution in [0.3, 0.4) is 0 Å². The van der Waals surface area contributed by atoms with Gasteiger partial charge in [0, 0.05) is 12.5 Å². The number of likely N-dealkylation sites (tertiary alicyclic amines) is 1. The molecule has 0 N–H and O–H groups in total. The molecule has 1 aliphatic rings. The van der Waals surface area contributed by atoms with Crippen molar-refractivity contribution in [1.82, 2.24) is 4.90 Å². The lowest BCUT2D eigenvalue weighted by molar-refractivity contribution is -0.128. The van der Waals surface area contributed by atoms with Crippen LogP contribution in [0.5, 0.6) is 0 Å². The number of carbonyl (C=O) groups excluding carboxylic acids is 2. The molecule has 0 aromatic rings. The average Bonchev–Trinajstić information content (AvgIpc) is 2.43. The first-order valence-corrected chi connectivity index (χ1v) is 5.40. The lowest BCUT2D eigenvalue weighted by Gasteiger charge is -2.26. The van der Waals surface area contributed by atoms with Gasteiger partial charge in [0.25, 0.3) is 0 Å². The Morgan fingerprint density at radius 1 is 1.53 bits per heavy atom. The van der Waals surface area contributed by atoms with Crippen molar-refractivity contribution < 1.29 is 14.3 Å². The van der Waals surface area contributed by atoms with Crippen LogP contribution in [0.4, 0.5) is 4.79 Å². The molecule has 0 radical (unpaired) electrons. The van der Waals surface area contributed by atoms with Crippen molar-refractivity contribution in [3.8, 4) is 0 Å². The predicted octanol–water partition coefficient (Wildman–Crippen LogP) is 2.32. The van der Waals surface area contributed by atoms with Crippen molar-refractivity contribution in [3.05, 3.63) is 0 Å². The van der Waals surface area contributed by atoms with Crippen molar-refractivity contribution in [1.29, 1.82) is 0 Å². The van der Waals surface area contributed by atoms with E-state index in [4.69, 9.17) is 4.74 Å². The zero-order chi connectivity index (χ0) is 11.6. The summed E-state index contributed by atoms with van der Waals surface area (Å²) in [4.78, 5) is 24.5. The largest absolute Gasteiger partial charge is 0.443 e. The number of rotatable bonds is 1. The predicted molar refractivity (Wildman–Crippen MR) is 56.4 cm³/mol. The van der Waals surface area contributed by atoms with E-state index in [-0.39, 0.29) is 11.9 Å². The number of hydrogen-bond acceptors (Lipinski definition) is 3. The minimum Gasteiger partial charge on any atom is -0.443 e. The van der Waals surface area contributed by atoms with Crippen LogP contribution in [0.2, 0.25) is 0 Å². The highest BCUT2D eigenvalue weighted by Crippen LogP contribution is 2.23. The van der Waals surface area contributed by atoms with Crippen molar-refractivity contribution in [2.45, 2.75) is 58.6 Å². The van der Waals surface area contributed by atoms with Crippen molar-refractivity contribution in [2.24, 2.45) is 0 Å². The molecule has 1 aliphatic heterocycles. The van der Waals surface area contributed by atoms with Gasteiger partial charge in [0.2, 0.25) is 5.91 Å². The molecule has 1 heterocycles. The highest BCUT2D eigenvalue weighted by molar-refractivity contribution is 5.94. The van der Waals surface area contributed by atoms with Crippen LogP contribution in [0.25, 0.3) is 0 Å². The molecule has 0 spiro atoms. The molecule has 0 saturated carbocycles. The number of imide groups is 1. The third kappa shape index (κ3) is 2.94. The van der Waals surface area contributed by atoms with Crippen LogP contribution in [0.1, 0.15) is 47.0 Å². The summed E-state index contributed by atoms with van der Waals surface area (Å²) in [5.41, 5.74) is -0.543. The zero-order valence-corrected chi connectivity index (χ0v) is 9.87. The molecule has 1 atom stereocenters.